The summed E-state index contributed by atoms with van der Waals surface area (Å²) >= 11 is 0. The standard InChI is InChI=1S/C46H91FO4/c47-45(41-37-33-29-25-21-17-13-15-19-23-27-31-35-39-43-49)46(50)51-44-40-36-32-28-24-20-16-12-10-8-6-4-2-1-3-5-7-9-11-14-18-22-26-30-34-38-42-48/h45,48-49H,1-44H2. The molecular weight excluding hydrogens is 636 g/mol. The molecule has 2 N–H and O–H groups in total. The van der Waals surface area contributed by atoms with E-state index >= 15 is 0 Å². The second kappa shape index (κ2) is 45.5. The summed E-state index contributed by atoms with van der Waals surface area (Å²) in [6.07, 6.45) is 50.1. The zero-order valence-corrected chi connectivity index (χ0v) is 34.3. The van der Waals surface area contributed by atoms with Gasteiger partial charge in [-0.05, 0) is 32.1 Å². The summed E-state index contributed by atoms with van der Waals surface area (Å²) in [6, 6.07) is 0. The number of unbranched alkanes of at least 4 members (excludes halogenated alkanes) is 38. The van der Waals surface area contributed by atoms with Crippen molar-refractivity contribution in [1.82, 2.24) is 0 Å². The number of aliphatic hydroxyl groups excluding tert-OH is 2. The minimum absolute atomic E-state index is 0.312. The minimum atomic E-state index is -1.45. The molecule has 5 heteroatoms. The van der Waals surface area contributed by atoms with Gasteiger partial charge in [0, 0.05) is 13.2 Å². The highest BCUT2D eigenvalue weighted by Crippen LogP contribution is 2.17. The lowest BCUT2D eigenvalue weighted by Gasteiger charge is -2.09. The van der Waals surface area contributed by atoms with Gasteiger partial charge in [0.25, 0.3) is 0 Å². The summed E-state index contributed by atoms with van der Waals surface area (Å²) in [5.41, 5.74) is 0. The highest BCUT2D eigenvalue weighted by molar-refractivity contribution is 5.74. The van der Waals surface area contributed by atoms with Crippen LogP contribution in [0.2, 0.25) is 0 Å². The third kappa shape index (κ3) is 43.6. The lowest BCUT2D eigenvalue weighted by atomic mass is 10.0. The van der Waals surface area contributed by atoms with E-state index in [1.54, 1.807) is 0 Å². The summed E-state index contributed by atoms with van der Waals surface area (Å²) < 4.78 is 19.4. The maximum Gasteiger partial charge on any atom is 0.340 e. The highest BCUT2D eigenvalue weighted by atomic mass is 19.1. The molecule has 51 heavy (non-hydrogen) atoms. The fourth-order valence-electron chi connectivity index (χ4n) is 7.39. The van der Waals surface area contributed by atoms with E-state index in [1.165, 1.54) is 212 Å². The predicted molar refractivity (Wildman–Crippen MR) is 219 cm³/mol. The molecule has 0 bridgehead atoms. The van der Waals surface area contributed by atoms with E-state index in [-0.39, 0.29) is 0 Å². The van der Waals surface area contributed by atoms with Crippen molar-refractivity contribution >= 4 is 5.97 Å². The second-order valence-corrected chi connectivity index (χ2v) is 16.0. The number of ether oxygens (including phenoxy) is 1. The number of halogens is 1. The lowest BCUT2D eigenvalue weighted by Crippen LogP contribution is -2.19. The highest BCUT2D eigenvalue weighted by Gasteiger charge is 2.18. The average Bonchev–Trinajstić information content (AvgIpc) is 3.14. The molecule has 0 aromatic heterocycles. The van der Waals surface area contributed by atoms with Gasteiger partial charge in [-0.2, -0.15) is 0 Å². The molecule has 0 aliphatic carbocycles. The van der Waals surface area contributed by atoms with E-state index in [2.05, 4.69) is 0 Å². The fraction of sp³-hybridized carbons (Fsp3) is 0.978. The largest absolute Gasteiger partial charge is 0.464 e. The van der Waals surface area contributed by atoms with Crippen LogP contribution in [0.15, 0.2) is 0 Å². The van der Waals surface area contributed by atoms with Crippen LogP contribution < -0.4 is 0 Å². The Morgan fingerprint density at radius 2 is 0.529 bits per heavy atom. The smallest absolute Gasteiger partial charge is 0.340 e. The van der Waals surface area contributed by atoms with Crippen molar-refractivity contribution < 1.29 is 24.1 Å². The van der Waals surface area contributed by atoms with Gasteiger partial charge in [-0.15, -0.1) is 0 Å². The van der Waals surface area contributed by atoms with Gasteiger partial charge in [0.2, 0.25) is 0 Å². The number of rotatable bonds is 45. The van der Waals surface area contributed by atoms with E-state index in [4.69, 9.17) is 14.9 Å². The maximum absolute atomic E-state index is 14.2. The van der Waals surface area contributed by atoms with E-state index in [0.29, 0.717) is 26.2 Å². The van der Waals surface area contributed by atoms with Crippen LogP contribution in [0.1, 0.15) is 263 Å². The van der Waals surface area contributed by atoms with Crippen LogP contribution in [0.5, 0.6) is 0 Å². The Morgan fingerprint density at radius 3 is 0.765 bits per heavy atom. The van der Waals surface area contributed by atoms with Gasteiger partial charge in [-0.3, -0.25) is 0 Å². The maximum atomic E-state index is 14.2. The number of carbonyl (C=O) groups is 1. The number of carbonyl (C=O) groups excluding carboxylic acids is 1. The minimum Gasteiger partial charge on any atom is -0.464 e. The Labute approximate surface area is 318 Å². The van der Waals surface area contributed by atoms with Crippen molar-refractivity contribution in [3.05, 3.63) is 0 Å². The van der Waals surface area contributed by atoms with Gasteiger partial charge in [-0.25, -0.2) is 9.18 Å². The number of alkyl halides is 1. The molecule has 4 nitrogen and oxygen atoms in total. The molecule has 0 amide bonds. The first-order valence-corrected chi connectivity index (χ1v) is 23.2. The molecule has 1 atom stereocenters. The Bertz CT molecular complexity index is 645. The molecule has 0 saturated carbocycles. The number of esters is 1. The summed E-state index contributed by atoms with van der Waals surface area (Å²) in [4.78, 5) is 12.0. The van der Waals surface area contributed by atoms with Crippen molar-refractivity contribution in [3.8, 4) is 0 Å². The molecule has 306 valence electrons. The van der Waals surface area contributed by atoms with Crippen molar-refractivity contribution in [3.63, 3.8) is 0 Å². The first kappa shape index (κ1) is 50.3. The third-order valence-corrected chi connectivity index (χ3v) is 10.9. The summed E-state index contributed by atoms with van der Waals surface area (Å²) in [5, 5.41) is 17.6. The van der Waals surface area contributed by atoms with Crippen LogP contribution in [0.25, 0.3) is 0 Å². The molecular formula is C46H91FO4. The zero-order chi connectivity index (χ0) is 37.0. The Balaban J connectivity index is 3.22. The Kier molecular flexibility index (Phi) is 44.9. The summed E-state index contributed by atoms with van der Waals surface area (Å²) in [6.45, 7) is 1.06. The van der Waals surface area contributed by atoms with E-state index in [0.717, 1.165) is 44.9 Å². The van der Waals surface area contributed by atoms with E-state index in [1.807, 2.05) is 0 Å². The molecule has 0 aliphatic rings. The van der Waals surface area contributed by atoms with E-state index in [9.17, 15) is 9.18 Å². The first-order chi connectivity index (χ1) is 25.2. The van der Waals surface area contributed by atoms with Gasteiger partial charge in [0.1, 0.15) is 0 Å². The van der Waals surface area contributed by atoms with Crippen LogP contribution >= 0.6 is 0 Å². The van der Waals surface area contributed by atoms with Crippen LogP contribution in [0, 0.1) is 0 Å². The fourth-order valence-corrected chi connectivity index (χ4v) is 7.39. The summed E-state index contributed by atoms with van der Waals surface area (Å²) in [7, 11) is 0. The molecule has 0 saturated heterocycles. The summed E-state index contributed by atoms with van der Waals surface area (Å²) in [5.74, 6) is -0.645. The Hall–Kier alpha value is -0.680. The zero-order valence-electron chi connectivity index (χ0n) is 34.3. The van der Waals surface area contributed by atoms with Gasteiger partial charge in [0.15, 0.2) is 6.17 Å². The molecule has 0 aliphatic heterocycles. The average molecular weight is 727 g/mol. The SMILES string of the molecule is O=C(OCCCCCCCCCCCCCCCCCCCCCCCCCCCCO)C(F)CCCCCCCCCCCCCCCCO. The van der Waals surface area contributed by atoms with Gasteiger partial charge >= 0.3 is 5.97 Å². The topological polar surface area (TPSA) is 66.8 Å². The second-order valence-electron chi connectivity index (χ2n) is 16.0. The molecule has 0 spiro atoms. The predicted octanol–water partition coefficient (Wildman–Crippen LogP) is 14.8. The van der Waals surface area contributed by atoms with Crippen LogP contribution in [-0.2, 0) is 9.53 Å². The molecule has 0 heterocycles. The molecule has 0 radical (unpaired) electrons. The molecule has 0 aromatic carbocycles. The number of aliphatic hydroxyl groups is 2. The Morgan fingerprint density at radius 1 is 0.333 bits per heavy atom. The molecule has 0 rings (SSSR count). The monoisotopic (exact) mass is 727 g/mol. The first-order valence-electron chi connectivity index (χ1n) is 23.2. The van der Waals surface area contributed by atoms with Gasteiger partial charge in [0.05, 0.1) is 6.61 Å². The normalized spacial score (nSPS) is 12.1. The van der Waals surface area contributed by atoms with Crippen LogP contribution in [-0.4, -0.2) is 42.2 Å². The van der Waals surface area contributed by atoms with Gasteiger partial charge < -0.3 is 14.9 Å². The lowest BCUT2D eigenvalue weighted by molar-refractivity contribution is -0.150. The molecule has 1 unspecified atom stereocenters. The molecule has 0 aromatic rings. The van der Waals surface area contributed by atoms with Crippen LogP contribution in [0.3, 0.4) is 0 Å². The molecule has 0 fully saturated rings. The van der Waals surface area contributed by atoms with Crippen molar-refractivity contribution in [2.24, 2.45) is 0 Å². The third-order valence-electron chi connectivity index (χ3n) is 10.9. The van der Waals surface area contributed by atoms with Crippen molar-refractivity contribution in [2.45, 2.75) is 269 Å². The number of hydrogen-bond donors (Lipinski definition) is 2. The number of hydrogen-bond acceptors (Lipinski definition) is 4. The quantitative estimate of drug-likeness (QED) is 0.0484. The van der Waals surface area contributed by atoms with E-state index < -0.39 is 12.1 Å². The van der Waals surface area contributed by atoms with Gasteiger partial charge in [-0.1, -0.05) is 231 Å². The van der Waals surface area contributed by atoms with Crippen molar-refractivity contribution in [2.75, 3.05) is 19.8 Å². The van der Waals surface area contributed by atoms with Crippen LogP contribution in [0.4, 0.5) is 4.39 Å². The van der Waals surface area contributed by atoms with Crippen molar-refractivity contribution in [1.29, 1.82) is 0 Å².